The van der Waals surface area contributed by atoms with Crippen LogP contribution in [0.25, 0.3) is 0 Å². The molecule has 4 nitrogen and oxygen atoms in total. The fourth-order valence-corrected chi connectivity index (χ4v) is 4.03. The molecule has 22 heavy (non-hydrogen) atoms. The van der Waals surface area contributed by atoms with Gasteiger partial charge >= 0.3 is 0 Å². The molecule has 0 aliphatic carbocycles. The Kier molecular flexibility index (Phi) is 4.75. The number of hydrogen-bond donors (Lipinski definition) is 2. The maximum absolute atomic E-state index is 13.2. The average molecular weight is 329 g/mol. The normalized spacial score (nSPS) is 26.2. The van der Waals surface area contributed by atoms with Crippen molar-refractivity contribution in [2.24, 2.45) is 0 Å². The lowest BCUT2D eigenvalue weighted by Gasteiger charge is -2.27. The van der Waals surface area contributed by atoms with Crippen molar-refractivity contribution in [3.63, 3.8) is 0 Å². The van der Waals surface area contributed by atoms with Gasteiger partial charge in [-0.3, -0.25) is 15.0 Å². The lowest BCUT2D eigenvalue weighted by atomic mass is 10.1. The van der Waals surface area contributed by atoms with Crippen molar-refractivity contribution in [3.8, 4) is 0 Å². The van der Waals surface area contributed by atoms with Crippen LogP contribution in [0.15, 0.2) is 17.5 Å². The molecule has 1 aromatic rings. The number of likely N-dealkylation sites (tertiary alicyclic amines) is 1. The lowest BCUT2D eigenvalue weighted by Crippen LogP contribution is -2.44. The first-order chi connectivity index (χ1) is 10.6. The summed E-state index contributed by atoms with van der Waals surface area (Å²) in [6, 6.07) is 3.44. The molecule has 3 rings (SSSR count). The van der Waals surface area contributed by atoms with Crippen molar-refractivity contribution in [1.29, 1.82) is 0 Å². The lowest BCUT2D eigenvalue weighted by molar-refractivity contribution is -0.123. The second-order valence-corrected chi connectivity index (χ2v) is 6.99. The first kappa shape index (κ1) is 15.8. The van der Waals surface area contributed by atoms with Crippen molar-refractivity contribution >= 4 is 17.2 Å². The second-order valence-electron chi connectivity index (χ2n) is 6.01. The van der Waals surface area contributed by atoms with E-state index in [1.807, 2.05) is 11.4 Å². The number of halogens is 2. The van der Waals surface area contributed by atoms with Crippen molar-refractivity contribution in [1.82, 2.24) is 15.5 Å². The van der Waals surface area contributed by atoms with Crippen LogP contribution in [0.5, 0.6) is 0 Å². The summed E-state index contributed by atoms with van der Waals surface area (Å²) in [4.78, 5) is 15.7. The molecule has 0 spiro atoms. The van der Waals surface area contributed by atoms with Crippen LogP contribution in [-0.2, 0) is 4.79 Å². The van der Waals surface area contributed by atoms with Crippen molar-refractivity contribution in [2.75, 3.05) is 26.2 Å². The molecule has 2 unspecified atom stereocenters. The molecule has 7 heteroatoms. The van der Waals surface area contributed by atoms with Crippen LogP contribution in [0, 0.1) is 0 Å². The Labute approximate surface area is 132 Å². The second kappa shape index (κ2) is 6.60. The Bertz CT molecular complexity index is 503. The van der Waals surface area contributed by atoms with Gasteiger partial charge in [-0.1, -0.05) is 6.07 Å². The highest BCUT2D eigenvalue weighted by Crippen LogP contribution is 2.28. The summed E-state index contributed by atoms with van der Waals surface area (Å²) in [6.45, 7) is 2.12. The van der Waals surface area contributed by atoms with Gasteiger partial charge in [-0.25, -0.2) is 8.78 Å². The molecule has 2 fully saturated rings. The molecule has 0 radical (unpaired) electrons. The Morgan fingerprint density at radius 2 is 2.27 bits per heavy atom. The molecule has 3 heterocycles. The number of nitrogens with one attached hydrogen (secondary N) is 2. The van der Waals surface area contributed by atoms with Gasteiger partial charge in [-0.15, -0.1) is 11.3 Å². The third kappa shape index (κ3) is 3.64. The van der Waals surface area contributed by atoms with Gasteiger partial charge in [0.25, 0.3) is 5.92 Å². The summed E-state index contributed by atoms with van der Waals surface area (Å²) in [5.74, 6) is -3.10. The van der Waals surface area contributed by atoms with Gasteiger partial charge in [0, 0.05) is 17.8 Å². The van der Waals surface area contributed by atoms with Crippen LogP contribution in [0.1, 0.15) is 30.2 Å². The highest BCUT2D eigenvalue weighted by molar-refractivity contribution is 7.10. The minimum Gasteiger partial charge on any atom is -0.353 e. The van der Waals surface area contributed by atoms with Crippen molar-refractivity contribution < 1.29 is 13.6 Å². The number of rotatable bonds is 5. The fourth-order valence-electron chi connectivity index (χ4n) is 3.17. The summed E-state index contributed by atoms with van der Waals surface area (Å²) >= 11 is 1.67. The van der Waals surface area contributed by atoms with Crippen LogP contribution in [0.4, 0.5) is 8.78 Å². The zero-order valence-corrected chi connectivity index (χ0v) is 13.2. The van der Waals surface area contributed by atoms with Crippen molar-refractivity contribution in [2.45, 2.75) is 37.3 Å². The largest absolute Gasteiger partial charge is 0.353 e. The fraction of sp³-hybridized carbons (Fsp3) is 0.667. The van der Waals surface area contributed by atoms with Crippen molar-refractivity contribution in [3.05, 3.63) is 22.4 Å². The van der Waals surface area contributed by atoms with Crippen LogP contribution in [0.2, 0.25) is 0 Å². The summed E-state index contributed by atoms with van der Waals surface area (Å²) in [5, 5.41) is 7.49. The number of nitrogens with zero attached hydrogens (tertiary/aromatic N) is 1. The number of hydrogen-bond acceptors (Lipinski definition) is 4. The average Bonchev–Trinajstić information content (AvgIpc) is 3.20. The molecule has 2 aliphatic rings. The predicted octanol–water partition coefficient (Wildman–Crippen LogP) is 2.00. The standard InChI is InChI=1S/C15H21F2N3OS/c16-15(17)8-11(19-10-15)14(21)18-9-12(13-4-3-7-22-13)20-5-1-2-6-20/h3-4,7,11-12,19H,1-2,5-6,8-10H2,(H,18,21). The van der Waals surface area contributed by atoms with E-state index >= 15 is 0 Å². The molecule has 2 aliphatic heterocycles. The molecular weight excluding hydrogens is 308 g/mol. The van der Waals surface area contributed by atoms with Gasteiger partial charge in [-0.2, -0.15) is 0 Å². The molecule has 2 atom stereocenters. The summed E-state index contributed by atoms with van der Waals surface area (Å²) < 4.78 is 26.3. The topological polar surface area (TPSA) is 44.4 Å². The Morgan fingerprint density at radius 3 is 2.86 bits per heavy atom. The Balaban J connectivity index is 1.58. The van der Waals surface area contributed by atoms with E-state index in [1.54, 1.807) is 11.3 Å². The quantitative estimate of drug-likeness (QED) is 0.868. The molecule has 0 aromatic carbocycles. The minimum absolute atomic E-state index is 0.147. The third-order valence-electron chi connectivity index (χ3n) is 4.35. The number of alkyl halides is 2. The van der Waals surface area contributed by atoms with Crippen LogP contribution in [0.3, 0.4) is 0 Å². The van der Waals surface area contributed by atoms with E-state index in [4.69, 9.17) is 0 Å². The van der Waals surface area contributed by atoms with E-state index in [0.29, 0.717) is 6.54 Å². The molecule has 0 saturated carbocycles. The zero-order valence-electron chi connectivity index (χ0n) is 12.4. The maximum Gasteiger partial charge on any atom is 0.262 e. The number of amides is 1. The van der Waals surface area contributed by atoms with Gasteiger partial charge < -0.3 is 5.32 Å². The molecule has 2 saturated heterocycles. The van der Waals surface area contributed by atoms with E-state index in [9.17, 15) is 13.6 Å². The first-order valence-electron chi connectivity index (χ1n) is 7.71. The molecule has 122 valence electrons. The number of thiophene rings is 1. The zero-order chi connectivity index (χ0) is 15.6. The molecule has 1 amide bonds. The van der Waals surface area contributed by atoms with Gasteiger partial charge in [0.1, 0.15) is 0 Å². The summed E-state index contributed by atoms with van der Waals surface area (Å²) in [6.07, 6.45) is 1.94. The van der Waals surface area contributed by atoms with Crippen LogP contribution in [-0.4, -0.2) is 49.0 Å². The Hall–Kier alpha value is -1.05. The summed E-state index contributed by atoms with van der Waals surface area (Å²) in [7, 11) is 0. The third-order valence-corrected chi connectivity index (χ3v) is 5.32. The SMILES string of the molecule is O=C(NCC(c1cccs1)N1CCCC1)C1CC(F)(F)CN1. The number of carbonyl (C=O) groups excluding carboxylic acids is 1. The highest BCUT2D eigenvalue weighted by Gasteiger charge is 2.42. The minimum atomic E-state index is -2.77. The van der Waals surface area contributed by atoms with E-state index in [0.717, 1.165) is 13.1 Å². The maximum atomic E-state index is 13.2. The summed E-state index contributed by atoms with van der Waals surface area (Å²) in [5.41, 5.74) is 0. The highest BCUT2D eigenvalue weighted by atomic mass is 32.1. The smallest absolute Gasteiger partial charge is 0.262 e. The van der Waals surface area contributed by atoms with Gasteiger partial charge in [-0.05, 0) is 37.4 Å². The Morgan fingerprint density at radius 1 is 1.50 bits per heavy atom. The van der Waals surface area contributed by atoms with Crippen LogP contribution >= 0.6 is 11.3 Å². The molecular formula is C15H21F2N3OS. The first-order valence-corrected chi connectivity index (χ1v) is 8.59. The van der Waals surface area contributed by atoms with E-state index in [2.05, 4.69) is 21.6 Å². The van der Waals surface area contributed by atoms with E-state index in [-0.39, 0.29) is 11.9 Å². The monoisotopic (exact) mass is 329 g/mol. The molecule has 1 aromatic heterocycles. The van der Waals surface area contributed by atoms with Gasteiger partial charge in [0.2, 0.25) is 5.91 Å². The van der Waals surface area contributed by atoms with Crippen LogP contribution < -0.4 is 10.6 Å². The van der Waals surface area contributed by atoms with Gasteiger partial charge in [0.15, 0.2) is 0 Å². The molecule has 0 bridgehead atoms. The number of carbonyl (C=O) groups is 1. The predicted molar refractivity (Wildman–Crippen MR) is 82.2 cm³/mol. The van der Waals surface area contributed by atoms with Gasteiger partial charge in [0.05, 0.1) is 18.6 Å². The molecule has 2 N–H and O–H groups in total. The van der Waals surface area contributed by atoms with E-state index < -0.39 is 24.9 Å². The van der Waals surface area contributed by atoms with E-state index in [1.165, 1.54) is 17.7 Å².